The van der Waals surface area contributed by atoms with E-state index in [0.717, 1.165) is 0 Å². The van der Waals surface area contributed by atoms with E-state index in [1.807, 2.05) is 6.92 Å². The van der Waals surface area contributed by atoms with Gasteiger partial charge in [-0.15, -0.1) is 0 Å². The minimum absolute atomic E-state index is 0.00326. The van der Waals surface area contributed by atoms with Crippen LogP contribution < -0.4 is 11.3 Å². The van der Waals surface area contributed by atoms with Gasteiger partial charge in [-0.1, -0.05) is 19.1 Å². The lowest BCUT2D eigenvalue weighted by Gasteiger charge is -2.22. The molecule has 1 aromatic carbocycles. The third-order valence-electron chi connectivity index (χ3n) is 2.81. The van der Waals surface area contributed by atoms with Crippen LogP contribution in [0.1, 0.15) is 24.8 Å². The lowest BCUT2D eigenvalue weighted by atomic mass is 9.85. The Labute approximate surface area is 99.6 Å². The number of hydrogen-bond acceptors (Lipinski definition) is 3. The summed E-state index contributed by atoms with van der Waals surface area (Å²) in [4.78, 5) is 11.7. The number of nitrogens with one attached hydrogen (secondary N) is 1. The summed E-state index contributed by atoms with van der Waals surface area (Å²) in [6.07, 6.45) is 0.482. The highest BCUT2D eigenvalue weighted by Crippen LogP contribution is 2.27. The normalized spacial score (nSPS) is 14.1. The third kappa shape index (κ3) is 3.51. The number of aliphatic hydroxyl groups is 1. The van der Waals surface area contributed by atoms with Crippen LogP contribution in [0.25, 0.3) is 0 Å². The molecular formula is C12H17FN2O2. The Morgan fingerprint density at radius 3 is 2.53 bits per heavy atom. The Morgan fingerprint density at radius 2 is 2.06 bits per heavy atom. The molecule has 1 aromatic rings. The average molecular weight is 240 g/mol. The molecule has 0 heterocycles. The summed E-state index contributed by atoms with van der Waals surface area (Å²) in [5.41, 5.74) is 2.79. The first kappa shape index (κ1) is 13.6. The summed E-state index contributed by atoms with van der Waals surface area (Å²) < 4.78 is 12.8. The van der Waals surface area contributed by atoms with E-state index in [9.17, 15) is 9.18 Å². The zero-order chi connectivity index (χ0) is 12.8. The van der Waals surface area contributed by atoms with Crippen LogP contribution in [0.15, 0.2) is 24.3 Å². The summed E-state index contributed by atoms with van der Waals surface area (Å²) >= 11 is 0. The molecule has 2 unspecified atom stereocenters. The van der Waals surface area contributed by atoms with Crippen LogP contribution in [-0.2, 0) is 4.79 Å². The molecule has 0 aliphatic carbocycles. The van der Waals surface area contributed by atoms with Gasteiger partial charge in [0.15, 0.2) is 0 Å². The molecule has 0 aliphatic rings. The molecule has 0 fully saturated rings. The molecule has 0 saturated carbocycles. The second-order valence-electron chi connectivity index (χ2n) is 4.03. The number of hydrogen-bond donors (Lipinski definition) is 3. The zero-order valence-electron chi connectivity index (χ0n) is 9.69. The Kier molecular flexibility index (Phi) is 5.06. The maximum absolute atomic E-state index is 12.8. The Hall–Kier alpha value is -1.46. The van der Waals surface area contributed by atoms with E-state index >= 15 is 0 Å². The van der Waals surface area contributed by atoms with Crippen molar-refractivity contribution in [2.24, 2.45) is 11.8 Å². The van der Waals surface area contributed by atoms with Crippen LogP contribution in [0.2, 0.25) is 0 Å². The largest absolute Gasteiger partial charge is 0.396 e. The van der Waals surface area contributed by atoms with E-state index in [1.165, 1.54) is 12.1 Å². The molecule has 5 heteroatoms. The lowest BCUT2D eigenvalue weighted by Crippen LogP contribution is -2.37. The molecule has 2 atom stereocenters. The molecule has 4 N–H and O–H groups in total. The number of aliphatic hydroxyl groups excluding tert-OH is 1. The van der Waals surface area contributed by atoms with Gasteiger partial charge in [0.05, 0.1) is 5.92 Å². The van der Waals surface area contributed by atoms with Crippen LogP contribution in [0.5, 0.6) is 0 Å². The monoisotopic (exact) mass is 240 g/mol. The number of carbonyl (C=O) groups is 1. The maximum atomic E-state index is 12.8. The van der Waals surface area contributed by atoms with Crippen LogP contribution in [-0.4, -0.2) is 17.6 Å². The number of benzene rings is 1. The summed E-state index contributed by atoms with van der Waals surface area (Å²) in [6, 6.07) is 5.72. The quantitative estimate of drug-likeness (QED) is 0.407. The molecule has 0 aliphatic heterocycles. The fourth-order valence-corrected chi connectivity index (χ4v) is 1.87. The number of nitrogens with two attached hydrogens (primary N) is 1. The van der Waals surface area contributed by atoms with Gasteiger partial charge in [0, 0.05) is 6.61 Å². The number of amides is 1. The van der Waals surface area contributed by atoms with Gasteiger partial charge in [0.25, 0.3) is 0 Å². The first-order valence-electron chi connectivity index (χ1n) is 5.47. The van der Waals surface area contributed by atoms with Gasteiger partial charge < -0.3 is 5.11 Å². The van der Waals surface area contributed by atoms with Crippen molar-refractivity contribution in [3.8, 4) is 0 Å². The zero-order valence-corrected chi connectivity index (χ0v) is 9.69. The second kappa shape index (κ2) is 6.32. The van der Waals surface area contributed by atoms with Crippen LogP contribution in [0.3, 0.4) is 0 Å². The van der Waals surface area contributed by atoms with Gasteiger partial charge in [-0.2, -0.15) is 0 Å². The van der Waals surface area contributed by atoms with Crippen LogP contribution in [0.4, 0.5) is 4.39 Å². The van der Waals surface area contributed by atoms with Crippen molar-refractivity contribution in [2.45, 2.75) is 19.3 Å². The first-order valence-corrected chi connectivity index (χ1v) is 5.47. The molecule has 0 bridgehead atoms. The van der Waals surface area contributed by atoms with Gasteiger partial charge >= 0.3 is 0 Å². The van der Waals surface area contributed by atoms with Gasteiger partial charge in [0.2, 0.25) is 5.91 Å². The van der Waals surface area contributed by atoms with Crippen molar-refractivity contribution in [3.05, 3.63) is 35.6 Å². The molecule has 1 amide bonds. The molecule has 94 valence electrons. The third-order valence-corrected chi connectivity index (χ3v) is 2.81. The highest BCUT2D eigenvalue weighted by atomic mass is 19.1. The van der Waals surface area contributed by atoms with E-state index in [-0.39, 0.29) is 24.2 Å². The summed E-state index contributed by atoms with van der Waals surface area (Å²) in [7, 11) is 0. The number of halogens is 1. The van der Waals surface area contributed by atoms with E-state index in [0.29, 0.717) is 12.0 Å². The highest BCUT2D eigenvalue weighted by molar-refractivity contribution is 5.83. The second-order valence-corrected chi connectivity index (χ2v) is 4.03. The smallest absolute Gasteiger partial charge is 0.241 e. The SMILES string of the molecule is CC(CCO)C(C(=O)NN)c1ccc(F)cc1. The van der Waals surface area contributed by atoms with E-state index in [4.69, 9.17) is 10.9 Å². The minimum atomic E-state index is -0.479. The van der Waals surface area contributed by atoms with Crippen molar-refractivity contribution in [3.63, 3.8) is 0 Å². The number of hydrazine groups is 1. The van der Waals surface area contributed by atoms with Gasteiger partial charge in [0.1, 0.15) is 5.82 Å². The standard InChI is InChI=1S/C12H17FN2O2/c1-8(6-7-16)11(12(17)15-14)9-2-4-10(13)5-3-9/h2-5,8,11,16H,6-7,14H2,1H3,(H,15,17). The van der Waals surface area contributed by atoms with Crippen LogP contribution >= 0.6 is 0 Å². The lowest BCUT2D eigenvalue weighted by molar-refractivity contribution is -0.123. The minimum Gasteiger partial charge on any atom is -0.396 e. The van der Waals surface area contributed by atoms with Gasteiger partial charge in [-0.05, 0) is 30.0 Å². The molecule has 0 spiro atoms. The highest BCUT2D eigenvalue weighted by Gasteiger charge is 2.25. The van der Waals surface area contributed by atoms with Gasteiger partial charge in [-0.25, -0.2) is 10.2 Å². The molecule has 17 heavy (non-hydrogen) atoms. The van der Waals surface area contributed by atoms with Crippen molar-refractivity contribution in [1.82, 2.24) is 5.43 Å². The molecule has 1 rings (SSSR count). The van der Waals surface area contributed by atoms with E-state index < -0.39 is 5.92 Å². The Morgan fingerprint density at radius 1 is 1.47 bits per heavy atom. The molecule has 4 nitrogen and oxygen atoms in total. The molecule has 0 saturated heterocycles. The van der Waals surface area contributed by atoms with E-state index in [1.54, 1.807) is 12.1 Å². The first-order chi connectivity index (χ1) is 8.10. The van der Waals surface area contributed by atoms with Crippen molar-refractivity contribution < 1.29 is 14.3 Å². The van der Waals surface area contributed by atoms with Crippen molar-refractivity contribution in [2.75, 3.05) is 6.61 Å². The fourth-order valence-electron chi connectivity index (χ4n) is 1.87. The summed E-state index contributed by atoms with van der Waals surface area (Å²) in [6.45, 7) is 1.84. The van der Waals surface area contributed by atoms with E-state index in [2.05, 4.69) is 5.43 Å². The predicted octanol–water partition coefficient (Wildman–Crippen LogP) is 0.918. The fraction of sp³-hybridized carbons (Fsp3) is 0.417. The Bertz CT molecular complexity index is 367. The maximum Gasteiger partial charge on any atom is 0.241 e. The van der Waals surface area contributed by atoms with Crippen LogP contribution in [0, 0.1) is 11.7 Å². The molecular weight excluding hydrogens is 223 g/mol. The summed E-state index contributed by atoms with van der Waals surface area (Å²) in [5, 5.41) is 8.91. The predicted molar refractivity (Wildman–Crippen MR) is 62.3 cm³/mol. The topological polar surface area (TPSA) is 75.3 Å². The summed E-state index contributed by atoms with van der Waals surface area (Å²) in [5.74, 6) is 3.90. The Balaban J connectivity index is 2.97. The molecule has 0 aromatic heterocycles. The number of carbonyl (C=O) groups excluding carboxylic acids is 1. The van der Waals surface area contributed by atoms with Gasteiger partial charge in [-0.3, -0.25) is 10.2 Å². The van der Waals surface area contributed by atoms with Crippen molar-refractivity contribution >= 4 is 5.91 Å². The average Bonchev–Trinajstić information content (AvgIpc) is 2.32. The van der Waals surface area contributed by atoms with Crippen molar-refractivity contribution in [1.29, 1.82) is 0 Å². The molecule has 0 radical (unpaired) electrons. The number of rotatable bonds is 5.